The lowest BCUT2D eigenvalue weighted by Crippen LogP contribution is -2.24. The predicted molar refractivity (Wildman–Crippen MR) is 151 cm³/mol. The number of hydrogen-bond donors (Lipinski definition) is 1. The molecule has 0 aliphatic carbocycles. The molecule has 7 heteroatoms. The van der Waals surface area contributed by atoms with E-state index in [4.69, 9.17) is 9.15 Å². The zero-order chi connectivity index (χ0) is 27.2. The summed E-state index contributed by atoms with van der Waals surface area (Å²) in [5.41, 5.74) is 5.22. The number of benzene rings is 3. The zero-order valence-electron chi connectivity index (χ0n) is 22.5. The number of carbonyl (C=O) groups is 1. The minimum Gasteiger partial charge on any atom is -0.456 e. The summed E-state index contributed by atoms with van der Waals surface area (Å²) in [6.07, 6.45) is 1.76. The second-order valence-electron chi connectivity index (χ2n) is 10.7. The second-order valence-corrected chi connectivity index (χ2v) is 10.7. The number of nitrogens with one attached hydrogen (secondary N) is 1. The number of fused-ring (bicyclic) bond motifs is 2. The van der Waals surface area contributed by atoms with E-state index in [1.807, 2.05) is 88.7 Å². The van der Waals surface area contributed by atoms with E-state index >= 15 is 0 Å². The molecule has 0 fully saturated rings. The number of ether oxygens (including phenoxy) is 1. The van der Waals surface area contributed by atoms with Gasteiger partial charge in [0.2, 0.25) is 0 Å². The Labute approximate surface area is 221 Å². The van der Waals surface area contributed by atoms with E-state index in [0.717, 1.165) is 27.7 Å². The summed E-state index contributed by atoms with van der Waals surface area (Å²) in [5, 5.41) is 3.95. The van der Waals surface area contributed by atoms with Gasteiger partial charge in [-0.25, -0.2) is 9.78 Å². The van der Waals surface area contributed by atoms with Gasteiger partial charge in [-0.05, 0) is 76.6 Å². The Morgan fingerprint density at radius 3 is 2.61 bits per heavy atom. The lowest BCUT2D eigenvalue weighted by molar-refractivity contribution is 0.00706. The van der Waals surface area contributed by atoms with Gasteiger partial charge in [0, 0.05) is 29.9 Å². The molecule has 194 valence electrons. The monoisotopic (exact) mass is 509 g/mol. The molecule has 7 nitrogen and oxygen atoms in total. The number of carbonyl (C=O) groups excluding carboxylic acids is 1. The molecule has 5 rings (SSSR count). The molecule has 0 amide bonds. The zero-order valence-corrected chi connectivity index (χ0v) is 22.5. The van der Waals surface area contributed by atoms with Crippen LogP contribution in [-0.4, -0.2) is 21.1 Å². The molecule has 0 saturated carbocycles. The smallest absolute Gasteiger partial charge is 0.340 e. The van der Waals surface area contributed by atoms with E-state index in [9.17, 15) is 9.59 Å². The van der Waals surface area contributed by atoms with Crippen molar-refractivity contribution < 1.29 is 13.9 Å². The Kier molecular flexibility index (Phi) is 6.31. The minimum atomic E-state index is -0.610. The third-order valence-electron chi connectivity index (χ3n) is 6.40. The van der Waals surface area contributed by atoms with Crippen LogP contribution in [0.15, 0.2) is 76.2 Å². The number of aromatic nitrogens is 2. The van der Waals surface area contributed by atoms with E-state index in [-0.39, 0.29) is 11.5 Å². The van der Waals surface area contributed by atoms with Gasteiger partial charge in [0.1, 0.15) is 16.9 Å². The summed E-state index contributed by atoms with van der Waals surface area (Å²) >= 11 is 0. The average molecular weight is 510 g/mol. The lowest BCUT2D eigenvalue weighted by Gasteiger charge is -2.22. The number of rotatable bonds is 5. The van der Waals surface area contributed by atoms with Gasteiger partial charge >= 0.3 is 5.97 Å². The molecule has 0 aliphatic heterocycles. The first-order valence-electron chi connectivity index (χ1n) is 12.6. The molecule has 0 saturated heterocycles. The van der Waals surface area contributed by atoms with Crippen LogP contribution in [0.3, 0.4) is 0 Å². The van der Waals surface area contributed by atoms with E-state index < -0.39 is 11.6 Å². The SMILES string of the molecule is Cc1cc(C(C)Nc2ccccc2C(=O)OC(C)(C)C)c2oc(-c3ccc4c(c3)ncn4C)cc(=O)c2c1. The van der Waals surface area contributed by atoms with Crippen molar-refractivity contribution in [1.82, 2.24) is 9.55 Å². The van der Waals surface area contributed by atoms with Crippen molar-refractivity contribution in [1.29, 1.82) is 0 Å². The van der Waals surface area contributed by atoms with Crippen molar-refractivity contribution in [2.24, 2.45) is 7.05 Å². The molecule has 2 heterocycles. The summed E-state index contributed by atoms with van der Waals surface area (Å²) in [7, 11) is 1.94. The van der Waals surface area contributed by atoms with Gasteiger partial charge in [-0.3, -0.25) is 4.79 Å². The fourth-order valence-corrected chi connectivity index (χ4v) is 4.62. The maximum atomic E-state index is 13.2. The quantitative estimate of drug-likeness (QED) is 0.263. The van der Waals surface area contributed by atoms with Gasteiger partial charge in [-0.2, -0.15) is 0 Å². The summed E-state index contributed by atoms with van der Waals surface area (Å²) in [5.74, 6) is 0.0714. The Bertz CT molecular complexity index is 1740. The molecule has 3 aromatic carbocycles. The maximum absolute atomic E-state index is 13.2. The highest BCUT2D eigenvalue weighted by molar-refractivity contribution is 5.96. The van der Waals surface area contributed by atoms with Crippen molar-refractivity contribution >= 4 is 33.7 Å². The average Bonchev–Trinajstić information content (AvgIpc) is 3.23. The van der Waals surface area contributed by atoms with Crippen LogP contribution in [0.4, 0.5) is 5.69 Å². The predicted octanol–water partition coefficient (Wildman–Crippen LogP) is 6.78. The van der Waals surface area contributed by atoms with Crippen molar-refractivity contribution in [3.8, 4) is 11.3 Å². The summed E-state index contributed by atoms with van der Waals surface area (Å²) in [6.45, 7) is 9.45. The molecular formula is C31H31N3O4. The van der Waals surface area contributed by atoms with E-state index in [0.29, 0.717) is 28.0 Å². The molecule has 38 heavy (non-hydrogen) atoms. The molecule has 0 bridgehead atoms. The second kappa shape index (κ2) is 9.49. The number of aryl methyl sites for hydroxylation is 2. The van der Waals surface area contributed by atoms with Crippen LogP contribution >= 0.6 is 0 Å². The van der Waals surface area contributed by atoms with Gasteiger partial charge in [0.05, 0.1) is 34.4 Å². The van der Waals surface area contributed by atoms with Crippen LogP contribution in [0.25, 0.3) is 33.3 Å². The number of imidazole rings is 1. The van der Waals surface area contributed by atoms with Crippen LogP contribution in [0.5, 0.6) is 0 Å². The summed E-state index contributed by atoms with van der Waals surface area (Å²) < 4.78 is 14.0. The first-order chi connectivity index (χ1) is 18.0. The fraction of sp³-hybridized carbons (Fsp3) is 0.258. The topological polar surface area (TPSA) is 86.4 Å². The van der Waals surface area contributed by atoms with Crippen molar-refractivity contribution in [3.63, 3.8) is 0 Å². The highest BCUT2D eigenvalue weighted by Crippen LogP contribution is 2.32. The number of nitrogens with zero attached hydrogens (tertiary/aromatic N) is 2. The largest absolute Gasteiger partial charge is 0.456 e. The van der Waals surface area contributed by atoms with E-state index in [1.165, 1.54) is 6.07 Å². The minimum absolute atomic E-state index is 0.117. The van der Waals surface area contributed by atoms with Crippen LogP contribution < -0.4 is 10.7 Å². The van der Waals surface area contributed by atoms with Gasteiger partial charge in [-0.1, -0.05) is 18.2 Å². The third kappa shape index (κ3) is 4.92. The standard InChI is InChI=1S/C31H31N3O4/c1-18-13-22(19(2)33-24-10-8-7-9-21(24)30(36)38-31(3,4)5)29-23(14-18)27(35)16-28(37-29)20-11-12-26-25(15-20)32-17-34(26)6/h7-17,19,33H,1-6H3. The van der Waals surface area contributed by atoms with Crippen molar-refractivity contribution in [2.45, 2.75) is 46.3 Å². The Morgan fingerprint density at radius 1 is 1.08 bits per heavy atom. The summed E-state index contributed by atoms with van der Waals surface area (Å²) in [4.78, 5) is 30.6. The molecule has 2 aromatic heterocycles. The van der Waals surface area contributed by atoms with E-state index in [2.05, 4.69) is 10.3 Å². The van der Waals surface area contributed by atoms with Gasteiger partial charge in [0.15, 0.2) is 5.43 Å². The highest BCUT2D eigenvalue weighted by Gasteiger charge is 2.22. The number of hydrogen-bond acceptors (Lipinski definition) is 6. The van der Waals surface area contributed by atoms with Gasteiger partial charge in [0.25, 0.3) is 0 Å². The molecule has 0 spiro atoms. The molecule has 5 aromatic rings. The fourth-order valence-electron chi connectivity index (χ4n) is 4.62. The Balaban J connectivity index is 1.57. The molecule has 1 unspecified atom stereocenters. The Morgan fingerprint density at radius 2 is 1.84 bits per heavy atom. The van der Waals surface area contributed by atoms with Gasteiger partial charge in [-0.15, -0.1) is 0 Å². The maximum Gasteiger partial charge on any atom is 0.340 e. The highest BCUT2D eigenvalue weighted by atomic mass is 16.6. The first kappa shape index (κ1) is 25.3. The van der Waals surface area contributed by atoms with Crippen LogP contribution in [-0.2, 0) is 11.8 Å². The van der Waals surface area contributed by atoms with Crippen LogP contribution in [0.1, 0.15) is 55.2 Å². The van der Waals surface area contributed by atoms with Crippen molar-refractivity contribution in [3.05, 3.63) is 93.9 Å². The number of anilines is 1. The molecule has 0 aliphatic rings. The number of para-hydroxylation sites is 1. The molecule has 0 radical (unpaired) electrons. The lowest BCUT2D eigenvalue weighted by atomic mass is 10.00. The van der Waals surface area contributed by atoms with Crippen molar-refractivity contribution in [2.75, 3.05) is 5.32 Å². The molecular weight excluding hydrogens is 478 g/mol. The molecule has 1 N–H and O–H groups in total. The summed E-state index contributed by atoms with van der Waals surface area (Å²) in [6, 6.07) is 18.2. The first-order valence-corrected chi connectivity index (χ1v) is 12.6. The number of esters is 1. The van der Waals surface area contributed by atoms with Gasteiger partial charge < -0.3 is 19.0 Å². The normalized spacial score (nSPS) is 12.6. The van der Waals surface area contributed by atoms with Crippen LogP contribution in [0, 0.1) is 6.92 Å². The third-order valence-corrected chi connectivity index (χ3v) is 6.40. The van der Waals surface area contributed by atoms with E-state index in [1.54, 1.807) is 18.5 Å². The van der Waals surface area contributed by atoms with Crippen LogP contribution in [0.2, 0.25) is 0 Å². The Hall–Kier alpha value is -4.39. The molecule has 1 atom stereocenters.